The van der Waals surface area contributed by atoms with Crippen molar-refractivity contribution in [1.29, 1.82) is 0 Å². The molecule has 0 atom stereocenters. The van der Waals surface area contributed by atoms with Crippen molar-refractivity contribution in [3.63, 3.8) is 0 Å². The first-order chi connectivity index (χ1) is 9.24. The van der Waals surface area contributed by atoms with Crippen LogP contribution in [-0.4, -0.2) is 17.4 Å². The number of pyridine rings is 1. The number of benzene rings is 1. The predicted molar refractivity (Wildman–Crippen MR) is 78.3 cm³/mol. The summed E-state index contributed by atoms with van der Waals surface area (Å²) in [7, 11) is 0. The molecule has 3 nitrogen and oxygen atoms in total. The van der Waals surface area contributed by atoms with Gasteiger partial charge in [-0.25, -0.2) is 0 Å². The van der Waals surface area contributed by atoms with Gasteiger partial charge in [-0.3, -0.25) is 9.78 Å². The molecule has 0 spiro atoms. The average molecular weight is 272 g/mol. The van der Waals surface area contributed by atoms with Gasteiger partial charge in [0.1, 0.15) is 0 Å². The molecule has 4 heteroatoms. The third-order valence-corrected chi connectivity index (χ3v) is 3.08. The second-order valence-electron chi connectivity index (χ2n) is 4.30. The van der Waals surface area contributed by atoms with Crippen molar-refractivity contribution in [2.75, 3.05) is 6.54 Å². The van der Waals surface area contributed by atoms with Crippen LogP contribution in [0.5, 0.6) is 0 Å². The van der Waals surface area contributed by atoms with Crippen molar-refractivity contribution in [2.24, 2.45) is 0 Å². The molecule has 1 aromatic heterocycles. The number of carbonyl (C=O) groups is 1. The van der Waals surface area contributed by atoms with Crippen LogP contribution in [0.4, 0.5) is 0 Å². The lowest BCUT2D eigenvalue weighted by molar-refractivity contribution is -0.120. The van der Waals surface area contributed by atoms with Gasteiger partial charge in [0, 0.05) is 23.8 Å². The van der Waals surface area contributed by atoms with E-state index < -0.39 is 0 Å². The molecule has 0 aliphatic rings. The Morgan fingerprint density at radius 1 is 1.05 bits per heavy atom. The number of amides is 1. The quantitative estimate of drug-likeness (QED) is 0.820. The summed E-state index contributed by atoms with van der Waals surface area (Å²) in [6, 6.07) is 11.5. The molecule has 0 saturated carbocycles. The summed E-state index contributed by atoms with van der Waals surface area (Å²) in [5.41, 5.74) is 2.17. The molecular formula is C15H16N2OS. The van der Waals surface area contributed by atoms with Crippen LogP contribution in [0.1, 0.15) is 11.1 Å². The highest BCUT2D eigenvalue weighted by Gasteiger charge is 2.02. The Hall–Kier alpha value is -1.81. The lowest BCUT2D eigenvalue weighted by Crippen LogP contribution is -2.27. The topological polar surface area (TPSA) is 42.0 Å². The van der Waals surface area contributed by atoms with Crippen LogP contribution in [0.25, 0.3) is 0 Å². The summed E-state index contributed by atoms with van der Waals surface area (Å²) in [5.74, 6) is 0.0426. The summed E-state index contributed by atoms with van der Waals surface area (Å²) >= 11 is 4.21. The van der Waals surface area contributed by atoms with Crippen LogP contribution in [0, 0.1) is 0 Å². The highest BCUT2D eigenvalue weighted by molar-refractivity contribution is 7.80. The fourth-order valence-corrected chi connectivity index (χ4v) is 1.91. The number of thiol groups is 1. The summed E-state index contributed by atoms with van der Waals surface area (Å²) in [5, 5.41) is 2.92. The average Bonchev–Trinajstić information content (AvgIpc) is 2.43. The van der Waals surface area contributed by atoms with Gasteiger partial charge in [-0.15, -0.1) is 12.6 Å². The fourth-order valence-electron chi connectivity index (χ4n) is 1.76. The molecule has 98 valence electrons. The Balaban J connectivity index is 1.74. The number of aromatic nitrogens is 1. The maximum atomic E-state index is 11.7. The van der Waals surface area contributed by atoms with Crippen LogP contribution in [0.15, 0.2) is 53.7 Å². The van der Waals surface area contributed by atoms with E-state index >= 15 is 0 Å². The number of nitrogens with zero attached hydrogens (tertiary/aromatic N) is 1. The molecule has 2 aromatic rings. The highest BCUT2D eigenvalue weighted by atomic mass is 32.1. The molecule has 0 saturated heterocycles. The SMILES string of the molecule is O=C(Cc1ccc(S)cc1)NCCc1ccncc1. The molecule has 2 rings (SSSR count). The standard InChI is InChI=1S/C15H16N2OS/c18-15(11-13-1-3-14(19)4-2-13)17-10-7-12-5-8-16-9-6-12/h1-6,8-9,19H,7,10-11H2,(H,17,18). The molecule has 0 radical (unpaired) electrons. The Morgan fingerprint density at radius 2 is 1.74 bits per heavy atom. The first-order valence-electron chi connectivity index (χ1n) is 6.17. The molecule has 0 unspecified atom stereocenters. The smallest absolute Gasteiger partial charge is 0.224 e. The van der Waals surface area contributed by atoms with Crippen molar-refractivity contribution in [3.05, 3.63) is 59.9 Å². The van der Waals surface area contributed by atoms with Gasteiger partial charge in [-0.2, -0.15) is 0 Å². The van der Waals surface area contributed by atoms with E-state index in [2.05, 4.69) is 22.9 Å². The third kappa shape index (κ3) is 4.75. The molecule has 0 bridgehead atoms. The van der Waals surface area contributed by atoms with Gasteiger partial charge in [-0.05, 0) is 41.8 Å². The number of rotatable bonds is 5. The number of nitrogens with one attached hydrogen (secondary N) is 1. The van der Waals surface area contributed by atoms with E-state index in [0.29, 0.717) is 13.0 Å². The van der Waals surface area contributed by atoms with Crippen molar-refractivity contribution in [1.82, 2.24) is 10.3 Å². The minimum atomic E-state index is 0.0426. The molecule has 1 aromatic carbocycles. The summed E-state index contributed by atoms with van der Waals surface area (Å²) < 4.78 is 0. The van der Waals surface area contributed by atoms with Gasteiger partial charge in [0.05, 0.1) is 6.42 Å². The number of carbonyl (C=O) groups excluding carboxylic acids is 1. The second-order valence-corrected chi connectivity index (χ2v) is 4.82. The predicted octanol–water partition coefficient (Wildman–Crippen LogP) is 2.27. The van der Waals surface area contributed by atoms with Crippen molar-refractivity contribution in [2.45, 2.75) is 17.7 Å². The van der Waals surface area contributed by atoms with Gasteiger partial charge < -0.3 is 5.32 Å². The Labute approximate surface area is 118 Å². The van der Waals surface area contributed by atoms with Crippen LogP contribution in [0.3, 0.4) is 0 Å². The van der Waals surface area contributed by atoms with Crippen LogP contribution in [0.2, 0.25) is 0 Å². The van der Waals surface area contributed by atoms with Crippen molar-refractivity contribution in [3.8, 4) is 0 Å². The molecule has 0 aliphatic heterocycles. The molecule has 0 aliphatic carbocycles. The first kappa shape index (κ1) is 13.6. The van der Waals surface area contributed by atoms with E-state index in [1.807, 2.05) is 36.4 Å². The minimum Gasteiger partial charge on any atom is -0.355 e. The van der Waals surface area contributed by atoms with Crippen LogP contribution >= 0.6 is 12.6 Å². The van der Waals surface area contributed by atoms with Gasteiger partial charge >= 0.3 is 0 Å². The second kappa shape index (κ2) is 6.95. The molecule has 1 N–H and O–H groups in total. The number of hydrogen-bond donors (Lipinski definition) is 2. The normalized spacial score (nSPS) is 10.2. The van der Waals surface area contributed by atoms with Gasteiger partial charge in [-0.1, -0.05) is 12.1 Å². The highest BCUT2D eigenvalue weighted by Crippen LogP contribution is 2.08. The van der Waals surface area contributed by atoms with E-state index in [1.54, 1.807) is 12.4 Å². The van der Waals surface area contributed by atoms with E-state index in [0.717, 1.165) is 16.9 Å². The molecular weight excluding hydrogens is 256 g/mol. The Kier molecular flexibility index (Phi) is 4.98. The van der Waals surface area contributed by atoms with E-state index in [1.165, 1.54) is 5.56 Å². The van der Waals surface area contributed by atoms with E-state index in [4.69, 9.17) is 0 Å². The van der Waals surface area contributed by atoms with E-state index in [9.17, 15) is 4.79 Å². The van der Waals surface area contributed by atoms with E-state index in [-0.39, 0.29) is 5.91 Å². The summed E-state index contributed by atoms with van der Waals surface area (Å²) in [6.07, 6.45) is 4.75. The van der Waals surface area contributed by atoms with Crippen molar-refractivity contribution < 1.29 is 4.79 Å². The molecule has 19 heavy (non-hydrogen) atoms. The lowest BCUT2D eigenvalue weighted by Gasteiger charge is -2.05. The maximum absolute atomic E-state index is 11.7. The van der Waals surface area contributed by atoms with Gasteiger partial charge in [0.2, 0.25) is 5.91 Å². The minimum absolute atomic E-state index is 0.0426. The zero-order valence-electron chi connectivity index (χ0n) is 10.5. The molecule has 1 amide bonds. The lowest BCUT2D eigenvalue weighted by atomic mass is 10.1. The zero-order valence-corrected chi connectivity index (χ0v) is 11.4. The zero-order chi connectivity index (χ0) is 13.5. The van der Waals surface area contributed by atoms with Crippen molar-refractivity contribution >= 4 is 18.5 Å². The van der Waals surface area contributed by atoms with Crippen LogP contribution in [-0.2, 0) is 17.6 Å². The number of hydrogen-bond acceptors (Lipinski definition) is 3. The summed E-state index contributed by atoms with van der Waals surface area (Å²) in [4.78, 5) is 16.6. The summed E-state index contributed by atoms with van der Waals surface area (Å²) in [6.45, 7) is 0.646. The first-order valence-corrected chi connectivity index (χ1v) is 6.62. The Morgan fingerprint density at radius 3 is 2.42 bits per heavy atom. The molecule has 0 fully saturated rings. The van der Waals surface area contributed by atoms with Gasteiger partial charge in [0.15, 0.2) is 0 Å². The fraction of sp³-hybridized carbons (Fsp3) is 0.200. The monoisotopic (exact) mass is 272 g/mol. The maximum Gasteiger partial charge on any atom is 0.224 e. The largest absolute Gasteiger partial charge is 0.355 e. The third-order valence-electron chi connectivity index (χ3n) is 2.79. The van der Waals surface area contributed by atoms with Crippen LogP contribution < -0.4 is 5.32 Å². The van der Waals surface area contributed by atoms with Gasteiger partial charge in [0.25, 0.3) is 0 Å². The molecule has 1 heterocycles. The Bertz CT molecular complexity index is 526.